The normalized spacial score (nSPS) is 13.2. The first-order valence-corrected chi connectivity index (χ1v) is 13.1. The molecule has 0 saturated carbocycles. The van der Waals surface area contributed by atoms with E-state index in [1.165, 1.54) is 25.1 Å². The van der Waals surface area contributed by atoms with Crippen molar-refractivity contribution in [2.45, 2.75) is 37.5 Å². The molecule has 39 heavy (non-hydrogen) atoms. The zero-order chi connectivity index (χ0) is 29.0. The standard InChI is InChI=1S/C24H23ClF3N5O5S/c1-4-38-21(35)23(24(26,27)28,32-20(34)16-6-5-7-17(25)13-16)31-18-8-10-19(11-9-18)39(36,37)33-22-29-14(2)12-15(3)30-22/h5-13,31H,4H2,1-3H3,(H,32,34)(H,29,30,33)/t23-/m1/s1. The largest absolute Gasteiger partial charge is 0.463 e. The van der Waals surface area contributed by atoms with E-state index in [1.54, 1.807) is 25.2 Å². The molecular weight excluding hydrogens is 563 g/mol. The molecule has 0 fully saturated rings. The molecule has 3 rings (SSSR count). The van der Waals surface area contributed by atoms with Crippen molar-refractivity contribution < 1.29 is 35.9 Å². The molecular formula is C24H23ClF3N5O5S. The summed E-state index contributed by atoms with van der Waals surface area (Å²) >= 11 is 5.84. The van der Waals surface area contributed by atoms with Gasteiger partial charge in [-0.15, -0.1) is 0 Å². The molecule has 15 heteroatoms. The molecule has 0 spiro atoms. The van der Waals surface area contributed by atoms with E-state index in [9.17, 15) is 31.2 Å². The summed E-state index contributed by atoms with van der Waals surface area (Å²) in [5.41, 5.74) is -3.30. The van der Waals surface area contributed by atoms with Gasteiger partial charge >= 0.3 is 17.8 Å². The van der Waals surface area contributed by atoms with Crippen molar-refractivity contribution in [3.63, 3.8) is 0 Å². The van der Waals surface area contributed by atoms with Gasteiger partial charge in [-0.2, -0.15) is 13.2 Å². The highest BCUT2D eigenvalue weighted by Gasteiger charge is 2.63. The van der Waals surface area contributed by atoms with E-state index >= 15 is 0 Å². The van der Waals surface area contributed by atoms with Crippen LogP contribution in [0.2, 0.25) is 5.02 Å². The molecule has 0 bridgehead atoms. The van der Waals surface area contributed by atoms with Gasteiger partial charge in [-0.05, 0) is 69.3 Å². The first-order chi connectivity index (χ1) is 18.2. The molecule has 1 aromatic heterocycles. The zero-order valence-corrected chi connectivity index (χ0v) is 22.3. The van der Waals surface area contributed by atoms with Crippen LogP contribution in [-0.2, 0) is 19.6 Å². The molecule has 208 valence electrons. The van der Waals surface area contributed by atoms with Crippen LogP contribution in [-0.4, -0.2) is 48.7 Å². The van der Waals surface area contributed by atoms with Crippen LogP contribution in [0, 0.1) is 13.8 Å². The van der Waals surface area contributed by atoms with Crippen LogP contribution in [0.3, 0.4) is 0 Å². The minimum atomic E-state index is -5.40. The Morgan fingerprint density at radius 2 is 1.62 bits per heavy atom. The second-order valence-electron chi connectivity index (χ2n) is 8.16. The molecule has 0 saturated heterocycles. The third-order valence-electron chi connectivity index (χ3n) is 5.10. The van der Waals surface area contributed by atoms with Crippen LogP contribution in [0.15, 0.2) is 59.5 Å². The number of benzene rings is 2. The van der Waals surface area contributed by atoms with Crippen LogP contribution in [0.1, 0.15) is 28.7 Å². The number of sulfonamides is 1. The highest BCUT2D eigenvalue weighted by molar-refractivity contribution is 7.92. The third kappa shape index (κ3) is 6.95. The van der Waals surface area contributed by atoms with Crippen LogP contribution >= 0.6 is 11.6 Å². The van der Waals surface area contributed by atoms with Crippen molar-refractivity contribution in [1.82, 2.24) is 15.3 Å². The quantitative estimate of drug-likeness (QED) is 0.251. The minimum absolute atomic E-state index is 0.0842. The van der Waals surface area contributed by atoms with E-state index in [4.69, 9.17) is 11.6 Å². The Kier molecular flexibility index (Phi) is 8.70. The second-order valence-corrected chi connectivity index (χ2v) is 10.3. The Bertz CT molecular complexity index is 1470. The van der Waals surface area contributed by atoms with Crippen molar-refractivity contribution in [2.75, 3.05) is 16.6 Å². The van der Waals surface area contributed by atoms with Gasteiger partial charge in [0.05, 0.1) is 11.5 Å². The van der Waals surface area contributed by atoms with E-state index in [2.05, 4.69) is 19.4 Å². The number of anilines is 2. The van der Waals surface area contributed by atoms with Crippen LogP contribution < -0.4 is 15.4 Å². The predicted molar refractivity (Wildman–Crippen MR) is 137 cm³/mol. The molecule has 0 aliphatic rings. The number of carbonyl (C=O) groups excluding carboxylic acids is 2. The number of amides is 1. The highest BCUT2D eigenvalue weighted by atomic mass is 35.5. The number of ether oxygens (including phenoxy) is 1. The van der Waals surface area contributed by atoms with E-state index < -0.39 is 40.3 Å². The third-order valence-corrected chi connectivity index (χ3v) is 6.68. The molecule has 2 aromatic carbocycles. The molecule has 10 nitrogen and oxygen atoms in total. The Morgan fingerprint density at radius 3 is 2.15 bits per heavy atom. The molecule has 0 unspecified atom stereocenters. The van der Waals surface area contributed by atoms with Crippen molar-refractivity contribution in [3.8, 4) is 0 Å². The Labute approximate surface area is 227 Å². The maximum absolute atomic E-state index is 14.4. The molecule has 1 heterocycles. The molecule has 3 N–H and O–H groups in total. The summed E-state index contributed by atoms with van der Waals surface area (Å²) in [5.74, 6) is -3.29. The van der Waals surface area contributed by atoms with Crippen LogP contribution in [0.25, 0.3) is 0 Å². The van der Waals surface area contributed by atoms with Gasteiger partial charge in [0.1, 0.15) is 0 Å². The van der Waals surface area contributed by atoms with Gasteiger partial charge in [0.15, 0.2) is 0 Å². The Balaban J connectivity index is 1.95. The number of hydrogen-bond donors (Lipinski definition) is 3. The minimum Gasteiger partial charge on any atom is -0.463 e. The Hall–Kier alpha value is -3.91. The van der Waals surface area contributed by atoms with Gasteiger partial charge in [0.2, 0.25) is 5.95 Å². The maximum Gasteiger partial charge on any atom is 0.441 e. The number of carbonyl (C=O) groups is 2. The van der Waals surface area contributed by atoms with E-state index in [1.807, 2.05) is 5.32 Å². The number of nitrogens with one attached hydrogen (secondary N) is 3. The average molecular weight is 586 g/mol. The van der Waals surface area contributed by atoms with E-state index in [-0.39, 0.29) is 27.1 Å². The van der Waals surface area contributed by atoms with Gasteiger partial charge < -0.3 is 15.4 Å². The molecule has 3 aromatic rings. The van der Waals surface area contributed by atoms with Gasteiger partial charge in [-0.1, -0.05) is 17.7 Å². The molecule has 1 amide bonds. The summed E-state index contributed by atoms with van der Waals surface area (Å²) in [5, 5.41) is 3.74. The van der Waals surface area contributed by atoms with Gasteiger partial charge in [-0.25, -0.2) is 27.9 Å². The highest BCUT2D eigenvalue weighted by Crippen LogP contribution is 2.34. The number of rotatable bonds is 9. The number of halogens is 4. The number of alkyl halides is 3. The van der Waals surface area contributed by atoms with Crippen molar-refractivity contribution in [1.29, 1.82) is 0 Å². The maximum atomic E-state index is 14.4. The number of aromatic nitrogens is 2. The lowest BCUT2D eigenvalue weighted by atomic mass is 10.1. The predicted octanol–water partition coefficient (Wildman–Crippen LogP) is 4.21. The first-order valence-electron chi connectivity index (χ1n) is 11.2. The fourth-order valence-corrected chi connectivity index (χ4v) is 4.52. The van der Waals surface area contributed by atoms with Crippen molar-refractivity contribution in [3.05, 3.63) is 76.6 Å². The molecule has 0 aliphatic carbocycles. The van der Waals surface area contributed by atoms with Crippen LogP contribution in [0.5, 0.6) is 0 Å². The second kappa shape index (κ2) is 11.5. The summed E-state index contributed by atoms with van der Waals surface area (Å²) in [4.78, 5) is 33.1. The summed E-state index contributed by atoms with van der Waals surface area (Å²) in [6, 6.07) is 10.7. The van der Waals surface area contributed by atoms with E-state index in [0.717, 1.165) is 30.3 Å². The molecule has 1 atom stereocenters. The average Bonchev–Trinajstić information content (AvgIpc) is 2.82. The van der Waals surface area contributed by atoms with Crippen molar-refractivity contribution >= 4 is 45.1 Å². The number of esters is 1. The lowest BCUT2D eigenvalue weighted by Gasteiger charge is -2.35. The first kappa shape index (κ1) is 29.6. The van der Waals surface area contributed by atoms with Crippen LogP contribution in [0.4, 0.5) is 24.8 Å². The summed E-state index contributed by atoms with van der Waals surface area (Å²) in [6.45, 7) is 4.17. The topological polar surface area (TPSA) is 139 Å². The monoisotopic (exact) mass is 585 g/mol. The smallest absolute Gasteiger partial charge is 0.441 e. The lowest BCUT2D eigenvalue weighted by Crippen LogP contribution is -2.69. The summed E-state index contributed by atoms with van der Waals surface area (Å²) in [6.07, 6.45) is -5.40. The fraction of sp³-hybridized carbons (Fsp3) is 0.250. The number of nitrogens with zero attached hydrogens (tertiary/aromatic N) is 2. The van der Waals surface area contributed by atoms with Crippen molar-refractivity contribution in [2.24, 2.45) is 0 Å². The molecule has 0 aliphatic heterocycles. The SMILES string of the molecule is CCOC(=O)[C@](NC(=O)c1cccc(Cl)c1)(Nc1ccc(S(=O)(=O)Nc2nc(C)cc(C)n2)cc1)C(F)(F)F. The number of hydrogen-bond acceptors (Lipinski definition) is 8. The Morgan fingerprint density at radius 1 is 1.00 bits per heavy atom. The molecule has 0 radical (unpaired) electrons. The summed E-state index contributed by atoms with van der Waals surface area (Å²) in [7, 11) is -4.22. The summed E-state index contributed by atoms with van der Waals surface area (Å²) < 4.78 is 75.7. The number of aryl methyl sites for hydroxylation is 2. The van der Waals surface area contributed by atoms with Gasteiger partial charge in [0, 0.05) is 27.7 Å². The fourth-order valence-electron chi connectivity index (χ4n) is 3.39. The zero-order valence-electron chi connectivity index (χ0n) is 20.8. The lowest BCUT2D eigenvalue weighted by molar-refractivity contribution is -0.204. The van der Waals surface area contributed by atoms with Gasteiger partial charge in [-0.3, -0.25) is 4.79 Å². The van der Waals surface area contributed by atoms with Gasteiger partial charge in [0.25, 0.3) is 15.9 Å². The van der Waals surface area contributed by atoms with E-state index in [0.29, 0.717) is 11.4 Å².